The van der Waals surface area contributed by atoms with Gasteiger partial charge in [-0.3, -0.25) is 9.97 Å². The summed E-state index contributed by atoms with van der Waals surface area (Å²) in [6, 6.07) is 5.93. The van der Waals surface area contributed by atoms with Gasteiger partial charge < -0.3 is 14.0 Å². The number of alkyl halides is 2. The Labute approximate surface area is 249 Å². The van der Waals surface area contributed by atoms with Crippen molar-refractivity contribution in [1.82, 2.24) is 29.5 Å². The van der Waals surface area contributed by atoms with Crippen LogP contribution in [0.4, 0.5) is 13.2 Å². The van der Waals surface area contributed by atoms with Gasteiger partial charge in [-0.05, 0) is 55.9 Å². The van der Waals surface area contributed by atoms with Crippen molar-refractivity contribution < 1.29 is 35.2 Å². The summed E-state index contributed by atoms with van der Waals surface area (Å²) < 4.78 is 107. The molecule has 5 heterocycles. The van der Waals surface area contributed by atoms with Gasteiger partial charge in [-0.15, -0.1) is 5.10 Å². The van der Waals surface area contributed by atoms with E-state index >= 15 is 4.39 Å². The van der Waals surface area contributed by atoms with Crippen LogP contribution in [0, 0.1) is 18.6 Å². The first-order valence-electron chi connectivity index (χ1n) is 14.9. The minimum absolute atomic E-state index is 0.0299. The van der Waals surface area contributed by atoms with Crippen molar-refractivity contribution in [2.45, 2.75) is 37.1 Å². The van der Waals surface area contributed by atoms with E-state index in [1.807, 2.05) is 0 Å². The molecule has 1 saturated heterocycles. The first-order chi connectivity index (χ1) is 21.8. The number of hydrogen-bond acceptors (Lipinski definition) is 8. The molecule has 6 rings (SSSR count). The van der Waals surface area contributed by atoms with Gasteiger partial charge in [0.1, 0.15) is 18.2 Å². The fourth-order valence-corrected chi connectivity index (χ4v) is 6.71. The molecule has 226 valence electrons. The van der Waals surface area contributed by atoms with Gasteiger partial charge in [0.05, 0.1) is 50.0 Å². The lowest BCUT2D eigenvalue weighted by Crippen LogP contribution is -2.28. The minimum atomic E-state index is -3.98. The van der Waals surface area contributed by atoms with Crippen LogP contribution in [0.1, 0.15) is 34.4 Å². The Bertz CT molecular complexity index is 2050. The zero-order valence-corrected chi connectivity index (χ0v) is 24.0. The Morgan fingerprint density at radius 1 is 1.21 bits per heavy atom. The first kappa shape index (κ1) is 25.5. The van der Waals surface area contributed by atoms with Crippen LogP contribution in [0.15, 0.2) is 47.6 Å². The molecule has 0 saturated carbocycles. The molecule has 4 aromatic heterocycles. The van der Waals surface area contributed by atoms with Gasteiger partial charge in [-0.25, -0.2) is 26.3 Å². The van der Waals surface area contributed by atoms with E-state index in [1.165, 1.54) is 48.4 Å². The Kier molecular flexibility index (Phi) is 6.65. The zero-order valence-electron chi connectivity index (χ0n) is 26.2. The maximum Gasteiger partial charge on any atom is 0.272 e. The molecule has 0 radical (unpaired) electrons. The third-order valence-electron chi connectivity index (χ3n) is 7.63. The fourth-order valence-electron chi connectivity index (χ4n) is 5.85. The lowest BCUT2D eigenvalue weighted by molar-refractivity contribution is 0.0542. The fraction of sp³-hybridized carbons (Fsp3) is 0.379. The van der Waals surface area contributed by atoms with Crippen LogP contribution in [0.3, 0.4) is 0 Å². The SMILES string of the molecule is [2H]C([2H])([2H])c1nnn(C)c1-c1cnc2c3c(OCC(F)F)ccc(S(C)(=O)=O)c3n(C(c3ncccc3F)C3CCOCC3)c2c1. The molecule has 0 spiro atoms. The largest absolute Gasteiger partial charge is 0.487 e. The number of pyridine rings is 2. The van der Waals surface area contributed by atoms with Crippen molar-refractivity contribution in [2.24, 2.45) is 13.0 Å². The van der Waals surface area contributed by atoms with Crippen LogP contribution < -0.4 is 4.74 Å². The van der Waals surface area contributed by atoms with Gasteiger partial charge in [-0.2, -0.15) is 0 Å². The number of rotatable bonds is 8. The molecule has 0 N–H and O–H groups in total. The van der Waals surface area contributed by atoms with Gasteiger partial charge >= 0.3 is 0 Å². The van der Waals surface area contributed by atoms with E-state index < -0.39 is 41.6 Å². The van der Waals surface area contributed by atoms with E-state index in [2.05, 4.69) is 20.3 Å². The van der Waals surface area contributed by atoms with Crippen molar-refractivity contribution in [3.63, 3.8) is 0 Å². The number of sulfone groups is 1. The number of halogens is 3. The molecule has 1 aliphatic rings. The molecule has 1 atom stereocenters. The molecule has 14 heteroatoms. The minimum Gasteiger partial charge on any atom is -0.487 e. The monoisotopic (exact) mass is 617 g/mol. The van der Waals surface area contributed by atoms with E-state index in [0.29, 0.717) is 26.1 Å². The highest BCUT2D eigenvalue weighted by molar-refractivity contribution is 7.91. The van der Waals surface area contributed by atoms with Crippen LogP contribution in [0.2, 0.25) is 0 Å². The Hall–Kier alpha value is -4.04. The average Bonchev–Trinajstić information content (AvgIpc) is 3.55. The molecule has 0 bridgehead atoms. The van der Waals surface area contributed by atoms with Crippen LogP contribution in [-0.4, -0.2) is 70.4 Å². The molecular weight excluding hydrogens is 585 g/mol. The van der Waals surface area contributed by atoms with Crippen molar-refractivity contribution in [2.75, 3.05) is 26.1 Å². The van der Waals surface area contributed by atoms with Crippen molar-refractivity contribution in [3.8, 4) is 17.0 Å². The van der Waals surface area contributed by atoms with Crippen LogP contribution in [-0.2, 0) is 21.6 Å². The molecule has 1 aliphatic heterocycles. The normalized spacial score (nSPS) is 16.8. The highest BCUT2D eigenvalue weighted by Gasteiger charge is 2.35. The topological polar surface area (TPSA) is 114 Å². The lowest BCUT2D eigenvalue weighted by atomic mass is 9.88. The Morgan fingerprint density at radius 2 is 2.00 bits per heavy atom. The number of hydrogen-bond donors (Lipinski definition) is 0. The maximum atomic E-state index is 15.7. The molecule has 5 aromatic rings. The zero-order chi connectivity index (χ0) is 33.0. The van der Waals surface area contributed by atoms with E-state index in [-0.39, 0.29) is 61.1 Å². The second-order valence-corrected chi connectivity index (χ2v) is 12.4. The highest BCUT2D eigenvalue weighted by atomic mass is 32.2. The maximum absolute atomic E-state index is 15.7. The van der Waals surface area contributed by atoms with Crippen LogP contribution >= 0.6 is 0 Å². The van der Waals surface area contributed by atoms with Gasteiger partial charge in [-0.1, -0.05) is 5.21 Å². The second kappa shape index (κ2) is 11.2. The van der Waals surface area contributed by atoms with Crippen molar-refractivity contribution in [1.29, 1.82) is 0 Å². The summed E-state index contributed by atoms with van der Waals surface area (Å²) in [5, 5.41) is 7.87. The first-order valence-corrected chi connectivity index (χ1v) is 15.3. The second-order valence-electron chi connectivity index (χ2n) is 10.4. The number of ether oxygens (including phenoxy) is 2. The molecular formula is C29H29F3N6O4S. The number of aromatic nitrogens is 6. The van der Waals surface area contributed by atoms with E-state index in [9.17, 15) is 17.2 Å². The molecule has 1 unspecified atom stereocenters. The van der Waals surface area contributed by atoms with Gasteiger partial charge in [0.25, 0.3) is 6.43 Å². The average molecular weight is 618 g/mol. The third-order valence-corrected chi connectivity index (χ3v) is 8.76. The van der Waals surface area contributed by atoms with Crippen LogP contribution in [0.25, 0.3) is 33.2 Å². The summed E-state index contributed by atoms with van der Waals surface area (Å²) in [6.07, 6.45) is 1.93. The van der Waals surface area contributed by atoms with Crippen molar-refractivity contribution in [3.05, 3.63) is 59.9 Å². The Balaban J connectivity index is 1.79. The van der Waals surface area contributed by atoms with Crippen molar-refractivity contribution >= 4 is 31.8 Å². The van der Waals surface area contributed by atoms with E-state index in [1.54, 1.807) is 10.6 Å². The highest BCUT2D eigenvalue weighted by Crippen LogP contribution is 2.45. The molecule has 10 nitrogen and oxygen atoms in total. The summed E-state index contributed by atoms with van der Waals surface area (Å²) >= 11 is 0. The summed E-state index contributed by atoms with van der Waals surface area (Å²) in [4.78, 5) is 8.86. The molecule has 43 heavy (non-hydrogen) atoms. The van der Waals surface area contributed by atoms with E-state index in [0.717, 1.165) is 6.26 Å². The van der Waals surface area contributed by atoms with Gasteiger partial charge in [0.2, 0.25) is 0 Å². The predicted octanol–water partition coefficient (Wildman–Crippen LogP) is 4.89. The number of aryl methyl sites for hydroxylation is 2. The quantitative estimate of drug-likeness (QED) is 0.242. The third kappa shape index (κ3) is 5.22. The van der Waals surface area contributed by atoms with E-state index in [4.69, 9.17) is 13.6 Å². The smallest absolute Gasteiger partial charge is 0.272 e. The summed E-state index contributed by atoms with van der Waals surface area (Å²) in [5.74, 6) is -0.996. The Morgan fingerprint density at radius 3 is 2.70 bits per heavy atom. The number of fused-ring (bicyclic) bond motifs is 3. The number of benzene rings is 1. The molecule has 1 aromatic carbocycles. The summed E-state index contributed by atoms with van der Waals surface area (Å²) in [5.41, 5.74) is 0.663. The van der Waals surface area contributed by atoms with Crippen LogP contribution in [0.5, 0.6) is 5.75 Å². The number of nitrogens with zero attached hydrogens (tertiary/aromatic N) is 6. The summed E-state index contributed by atoms with van der Waals surface area (Å²) in [7, 11) is -2.46. The van der Waals surface area contributed by atoms with Gasteiger partial charge in [0.15, 0.2) is 9.84 Å². The van der Waals surface area contributed by atoms with Gasteiger partial charge in [0, 0.05) is 48.6 Å². The standard InChI is InChI=1S/C29H29F3N6O4S/c1-16-27(37(2)36-35-16)18-13-20-26(34-14-18)24-21(42-15-23(31)32)6-7-22(43(3,39)40)29(24)38(20)28(17-8-11-41-12-9-17)25-19(30)5-4-10-33-25/h4-7,10,13-14,17,23,28H,8-9,11-12,15H2,1-3H3/i1D3. The molecule has 0 amide bonds. The molecule has 0 aliphatic carbocycles. The predicted molar refractivity (Wildman–Crippen MR) is 152 cm³/mol. The molecule has 1 fully saturated rings. The lowest BCUT2D eigenvalue weighted by Gasteiger charge is -2.32. The summed E-state index contributed by atoms with van der Waals surface area (Å²) in [6.45, 7) is -2.88.